The normalized spacial score (nSPS) is 14.5. The summed E-state index contributed by atoms with van der Waals surface area (Å²) in [4.78, 5) is 14.3. The van der Waals surface area contributed by atoms with Gasteiger partial charge in [0.05, 0.1) is 0 Å². The number of amides is 1. The molecule has 19 heavy (non-hydrogen) atoms. The maximum absolute atomic E-state index is 12.4. The number of rotatable bonds is 3. The zero-order chi connectivity index (χ0) is 13.2. The molecule has 1 amide bonds. The van der Waals surface area contributed by atoms with Crippen molar-refractivity contribution in [3.8, 4) is 0 Å². The number of benzene rings is 1. The molecule has 1 aliphatic rings. The van der Waals surface area contributed by atoms with Gasteiger partial charge in [-0.2, -0.15) is 11.3 Å². The fourth-order valence-electron chi connectivity index (χ4n) is 2.45. The van der Waals surface area contributed by atoms with Gasteiger partial charge in [0.25, 0.3) is 5.91 Å². The fraction of sp³-hybridized carbons (Fsp3) is 0.267. The number of hydrogen-bond acceptors (Lipinski definition) is 3. The average molecular weight is 272 g/mol. The maximum Gasteiger partial charge on any atom is 0.254 e. The molecule has 3 nitrogen and oxygen atoms in total. The van der Waals surface area contributed by atoms with Gasteiger partial charge in [0.1, 0.15) is 0 Å². The Kier molecular flexibility index (Phi) is 3.25. The van der Waals surface area contributed by atoms with Gasteiger partial charge in [0.2, 0.25) is 0 Å². The van der Waals surface area contributed by atoms with Crippen LogP contribution >= 0.6 is 11.3 Å². The van der Waals surface area contributed by atoms with Crippen molar-refractivity contribution in [1.82, 2.24) is 4.90 Å². The summed E-state index contributed by atoms with van der Waals surface area (Å²) in [7, 11) is 0. The van der Waals surface area contributed by atoms with E-state index in [2.05, 4.69) is 16.8 Å². The molecule has 98 valence electrons. The summed E-state index contributed by atoms with van der Waals surface area (Å²) >= 11 is 1.70. The molecule has 0 radical (unpaired) electrons. The van der Waals surface area contributed by atoms with Gasteiger partial charge in [-0.25, -0.2) is 0 Å². The SMILES string of the molecule is Nc1ccc2c(c1)C(=O)N(CCc1ccsc1)CC2. The molecule has 0 saturated carbocycles. The van der Waals surface area contributed by atoms with E-state index in [9.17, 15) is 4.79 Å². The Labute approximate surface area is 116 Å². The molecular formula is C15H16N2OS. The van der Waals surface area contributed by atoms with Gasteiger partial charge in [-0.15, -0.1) is 0 Å². The third-order valence-electron chi connectivity index (χ3n) is 3.55. The van der Waals surface area contributed by atoms with Crippen LogP contribution in [-0.4, -0.2) is 23.9 Å². The second-order valence-electron chi connectivity index (χ2n) is 4.84. The number of carbonyl (C=O) groups excluding carboxylic acids is 1. The summed E-state index contributed by atoms with van der Waals surface area (Å²) in [6.45, 7) is 1.59. The minimum absolute atomic E-state index is 0.115. The number of nitrogen functional groups attached to an aromatic ring is 1. The van der Waals surface area contributed by atoms with E-state index in [4.69, 9.17) is 5.73 Å². The van der Waals surface area contributed by atoms with Gasteiger partial charge in [-0.1, -0.05) is 6.07 Å². The fourth-order valence-corrected chi connectivity index (χ4v) is 3.15. The predicted octanol–water partition coefficient (Wildman–Crippen LogP) is 2.57. The highest BCUT2D eigenvalue weighted by Gasteiger charge is 2.23. The van der Waals surface area contributed by atoms with Crippen LogP contribution in [0.4, 0.5) is 5.69 Å². The highest BCUT2D eigenvalue weighted by molar-refractivity contribution is 7.07. The van der Waals surface area contributed by atoms with E-state index in [0.717, 1.165) is 37.1 Å². The van der Waals surface area contributed by atoms with Crippen molar-refractivity contribution in [1.29, 1.82) is 0 Å². The third-order valence-corrected chi connectivity index (χ3v) is 4.29. The van der Waals surface area contributed by atoms with Gasteiger partial charge < -0.3 is 10.6 Å². The van der Waals surface area contributed by atoms with Crippen LogP contribution in [0.5, 0.6) is 0 Å². The van der Waals surface area contributed by atoms with Crippen LogP contribution in [-0.2, 0) is 12.8 Å². The zero-order valence-corrected chi connectivity index (χ0v) is 11.5. The van der Waals surface area contributed by atoms with Gasteiger partial charge >= 0.3 is 0 Å². The topological polar surface area (TPSA) is 46.3 Å². The lowest BCUT2D eigenvalue weighted by atomic mass is 9.98. The Morgan fingerprint density at radius 2 is 2.21 bits per heavy atom. The summed E-state index contributed by atoms with van der Waals surface area (Å²) in [5.41, 5.74) is 9.62. The third kappa shape index (κ3) is 2.49. The van der Waals surface area contributed by atoms with Crippen molar-refractivity contribution in [2.45, 2.75) is 12.8 Å². The van der Waals surface area contributed by atoms with Crippen molar-refractivity contribution in [3.63, 3.8) is 0 Å². The number of nitrogens with two attached hydrogens (primary N) is 1. The van der Waals surface area contributed by atoms with E-state index in [1.165, 1.54) is 5.56 Å². The van der Waals surface area contributed by atoms with Crippen LogP contribution in [0.1, 0.15) is 21.5 Å². The molecule has 4 heteroatoms. The van der Waals surface area contributed by atoms with Crippen LogP contribution in [0.25, 0.3) is 0 Å². The first-order valence-corrected chi connectivity index (χ1v) is 7.37. The molecule has 2 aromatic rings. The number of nitrogens with zero attached hydrogens (tertiary/aromatic N) is 1. The molecule has 1 aromatic heterocycles. The summed E-state index contributed by atoms with van der Waals surface area (Å²) in [6, 6.07) is 7.76. The monoisotopic (exact) mass is 272 g/mol. The molecule has 1 aromatic carbocycles. The Morgan fingerprint density at radius 3 is 3.00 bits per heavy atom. The lowest BCUT2D eigenvalue weighted by molar-refractivity contribution is 0.0742. The first-order chi connectivity index (χ1) is 9.24. The number of thiophene rings is 1. The van der Waals surface area contributed by atoms with E-state index < -0.39 is 0 Å². The van der Waals surface area contributed by atoms with Gasteiger partial charge in [0.15, 0.2) is 0 Å². The molecule has 0 bridgehead atoms. The molecule has 0 unspecified atom stereocenters. The van der Waals surface area contributed by atoms with Crippen molar-refractivity contribution < 1.29 is 4.79 Å². The number of anilines is 1. The van der Waals surface area contributed by atoms with Gasteiger partial charge in [0, 0.05) is 24.3 Å². The Hall–Kier alpha value is -1.81. The smallest absolute Gasteiger partial charge is 0.254 e. The number of carbonyl (C=O) groups is 1. The van der Waals surface area contributed by atoms with Crippen LogP contribution in [0.3, 0.4) is 0 Å². The molecule has 2 heterocycles. The molecule has 2 N–H and O–H groups in total. The highest BCUT2D eigenvalue weighted by Crippen LogP contribution is 2.21. The van der Waals surface area contributed by atoms with Crippen LogP contribution < -0.4 is 5.73 Å². The second kappa shape index (κ2) is 5.05. The largest absolute Gasteiger partial charge is 0.399 e. The van der Waals surface area contributed by atoms with Gasteiger partial charge in [-0.3, -0.25) is 4.79 Å². The zero-order valence-electron chi connectivity index (χ0n) is 10.6. The van der Waals surface area contributed by atoms with E-state index in [1.54, 1.807) is 17.4 Å². The Balaban J connectivity index is 1.74. The molecule has 1 aliphatic heterocycles. The predicted molar refractivity (Wildman–Crippen MR) is 78.5 cm³/mol. The summed E-state index contributed by atoms with van der Waals surface area (Å²) < 4.78 is 0. The second-order valence-corrected chi connectivity index (χ2v) is 5.62. The van der Waals surface area contributed by atoms with Crippen molar-refractivity contribution >= 4 is 22.9 Å². The lowest BCUT2D eigenvalue weighted by Gasteiger charge is -2.28. The highest BCUT2D eigenvalue weighted by atomic mass is 32.1. The molecule has 0 saturated heterocycles. The summed E-state index contributed by atoms with van der Waals surface area (Å²) in [5, 5.41) is 4.21. The van der Waals surface area contributed by atoms with Crippen LogP contribution in [0.15, 0.2) is 35.0 Å². The standard InChI is InChI=1S/C15H16N2OS/c16-13-2-1-12-4-7-17(15(18)14(12)9-13)6-3-11-5-8-19-10-11/h1-2,5,8-10H,3-4,6-7,16H2. The maximum atomic E-state index is 12.4. The first-order valence-electron chi connectivity index (χ1n) is 6.43. The van der Waals surface area contributed by atoms with Crippen LogP contribution in [0.2, 0.25) is 0 Å². The molecule has 0 atom stereocenters. The quantitative estimate of drug-likeness (QED) is 0.873. The number of fused-ring (bicyclic) bond motifs is 1. The molecule has 0 fully saturated rings. The first kappa shape index (κ1) is 12.2. The number of hydrogen-bond donors (Lipinski definition) is 1. The van der Waals surface area contributed by atoms with E-state index in [-0.39, 0.29) is 5.91 Å². The summed E-state index contributed by atoms with van der Waals surface area (Å²) in [6.07, 6.45) is 1.85. The Morgan fingerprint density at radius 1 is 1.32 bits per heavy atom. The van der Waals surface area contributed by atoms with Crippen LogP contribution in [0, 0.1) is 0 Å². The van der Waals surface area contributed by atoms with E-state index in [0.29, 0.717) is 5.69 Å². The molecule has 0 spiro atoms. The molecular weight excluding hydrogens is 256 g/mol. The lowest BCUT2D eigenvalue weighted by Crippen LogP contribution is -2.38. The van der Waals surface area contributed by atoms with Crippen molar-refractivity contribution in [2.24, 2.45) is 0 Å². The van der Waals surface area contributed by atoms with Crippen molar-refractivity contribution in [2.75, 3.05) is 18.8 Å². The minimum Gasteiger partial charge on any atom is -0.399 e. The minimum atomic E-state index is 0.115. The average Bonchev–Trinajstić information content (AvgIpc) is 2.92. The molecule has 3 rings (SSSR count). The van der Waals surface area contributed by atoms with E-state index >= 15 is 0 Å². The van der Waals surface area contributed by atoms with Gasteiger partial charge in [-0.05, 0) is 52.9 Å². The van der Waals surface area contributed by atoms with Crippen molar-refractivity contribution in [3.05, 3.63) is 51.7 Å². The molecule has 0 aliphatic carbocycles. The Bertz CT molecular complexity index is 592. The summed E-state index contributed by atoms with van der Waals surface area (Å²) in [5.74, 6) is 0.115. The van der Waals surface area contributed by atoms with E-state index in [1.807, 2.05) is 17.0 Å².